The minimum atomic E-state index is 0.395. The van der Waals surface area contributed by atoms with Gasteiger partial charge in [0.25, 0.3) is 0 Å². The van der Waals surface area contributed by atoms with E-state index in [0.717, 1.165) is 19.3 Å². The second-order valence-electron chi connectivity index (χ2n) is 3.86. The number of rotatable bonds is 4. The van der Waals surface area contributed by atoms with Gasteiger partial charge in [0.05, 0.1) is 0 Å². The molecule has 0 aliphatic heterocycles. The first-order chi connectivity index (χ1) is 7.86. The lowest BCUT2D eigenvalue weighted by Gasteiger charge is -1.99. The predicted octanol–water partition coefficient (Wildman–Crippen LogP) is 4.53. The number of unbranched alkanes of at least 4 members (excludes halogenated alkanes) is 1. The molecule has 0 saturated carbocycles. The van der Waals surface area contributed by atoms with Gasteiger partial charge in [-0.15, -0.1) is 5.92 Å². The van der Waals surface area contributed by atoms with Crippen LogP contribution in [0.5, 0.6) is 0 Å². The molecule has 0 heterocycles. The lowest BCUT2D eigenvalue weighted by Crippen LogP contribution is -1.88. The van der Waals surface area contributed by atoms with E-state index in [1.54, 1.807) is 0 Å². The molecule has 0 bridgehead atoms. The van der Waals surface area contributed by atoms with Gasteiger partial charge in [-0.3, -0.25) is 0 Å². The zero-order chi connectivity index (χ0) is 11.6. The first kappa shape index (κ1) is 12.6. The molecule has 0 spiro atoms. The largest absolute Gasteiger partial charge is 0.103 e. The second-order valence-corrected chi connectivity index (χ2v) is 3.86. The Kier molecular flexibility index (Phi) is 6.11. The van der Waals surface area contributed by atoms with Crippen molar-refractivity contribution in [2.75, 3.05) is 0 Å². The quantitative estimate of drug-likeness (QED) is 0.643. The zero-order valence-electron chi connectivity index (χ0n) is 10.2. The van der Waals surface area contributed by atoms with Gasteiger partial charge in [-0.05, 0) is 18.4 Å². The van der Waals surface area contributed by atoms with E-state index in [9.17, 15) is 0 Å². The number of allylic oxidation sites excluding steroid dienone is 1. The van der Waals surface area contributed by atoms with E-state index in [0.29, 0.717) is 5.92 Å². The van der Waals surface area contributed by atoms with E-state index in [4.69, 9.17) is 0 Å². The van der Waals surface area contributed by atoms with Crippen molar-refractivity contribution < 1.29 is 0 Å². The van der Waals surface area contributed by atoms with Crippen LogP contribution in [0.1, 0.15) is 38.7 Å². The molecule has 1 aromatic carbocycles. The molecule has 0 fully saturated rings. The average molecular weight is 212 g/mol. The number of benzene rings is 1. The fourth-order valence-electron chi connectivity index (χ4n) is 1.41. The lowest BCUT2D eigenvalue weighted by molar-refractivity contribution is 0.801. The maximum atomic E-state index is 3.30. The highest BCUT2D eigenvalue weighted by Crippen LogP contribution is 2.08. The van der Waals surface area contributed by atoms with Crippen molar-refractivity contribution in [2.45, 2.75) is 33.1 Å². The van der Waals surface area contributed by atoms with Gasteiger partial charge in [0.2, 0.25) is 0 Å². The van der Waals surface area contributed by atoms with Crippen molar-refractivity contribution in [2.24, 2.45) is 5.92 Å². The van der Waals surface area contributed by atoms with Crippen LogP contribution in [0.25, 0.3) is 6.08 Å². The van der Waals surface area contributed by atoms with Crippen LogP contribution in [-0.2, 0) is 0 Å². The highest BCUT2D eigenvalue weighted by molar-refractivity contribution is 5.49. The summed E-state index contributed by atoms with van der Waals surface area (Å²) in [7, 11) is 0. The minimum absolute atomic E-state index is 0.395. The molecule has 1 atom stereocenters. The van der Waals surface area contributed by atoms with Crippen LogP contribution in [0, 0.1) is 17.8 Å². The Morgan fingerprint density at radius 1 is 1.19 bits per heavy atom. The van der Waals surface area contributed by atoms with E-state index in [1.807, 2.05) is 6.07 Å². The fourth-order valence-corrected chi connectivity index (χ4v) is 1.41. The minimum Gasteiger partial charge on any atom is -0.103 e. The van der Waals surface area contributed by atoms with Gasteiger partial charge < -0.3 is 0 Å². The maximum absolute atomic E-state index is 3.30. The Hall–Kier alpha value is -1.48. The van der Waals surface area contributed by atoms with Crippen LogP contribution in [0.4, 0.5) is 0 Å². The summed E-state index contributed by atoms with van der Waals surface area (Å²) in [6.07, 6.45) is 7.61. The number of hydrogen-bond donors (Lipinski definition) is 0. The van der Waals surface area contributed by atoms with Crippen LogP contribution in [0.3, 0.4) is 0 Å². The third-order valence-corrected chi connectivity index (χ3v) is 2.42. The molecule has 0 saturated heterocycles. The Bertz CT molecular complexity index is 362. The zero-order valence-corrected chi connectivity index (χ0v) is 10.2. The second kappa shape index (κ2) is 7.77. The third-order valence-electron chi connectivity index (χ3n) is 2.42. The molecular weight excluding hydrogens is 192 g/mol. The van der Waals surface area contributed by atoms with Crippen molar-refractivity contribution in [3.63, 3.8) is 0 Å². The first-order valence-electron chi connectivity index (χ1n) is 6.08. The average Bonchev–Trinajstić information content (AvgIpc) is 2.35. The smallest absolute Gasteiger partial charge is 0.0383 e. The molecule has 0 N–H and O–H groups in total. The summed E-state index contributed by atoms with van der Waals surface area (Å²) in [5.74, 6) is 6.92. The molecule has 0 aliphatic carbocycles. The first-order valence-corrected chi connectivity index (χ1v) is 6.08. The van der Waals surface area contributed by atoms with Crippen molar-refractivity contribution in [1.82, 2.24) is 0 Å². The Morgan fingerprint density at radius 3 is 2.56 bits per heavy atom. The summed E-state index contributed by atoms with van der Waals surface area (Å²) in [6, 6.07) is 10.4. The molecule has 1 rings (SSSR count). The van der Waals surface area contributed by atoms with E-state index in [1.165, 1.54) is 5.56 Å². The molecule has 1 unspecified atom stereocenters. The summed E-state index contributed by atoms with van der Waals surface area (Å²) in [6.45, 7) is 4.34. The van der Waals surface area contributed by atoms with Crippen molar-refractivity contribution in [3.8, 4) is 11.8 Å². The normalized spacial score (nSPS) is 12.1. The van der Waals surface area contributed by atoms with Crippen LogP contribution >= 0.6 is 0 Å². The summed E-state index contributed by atoms with van der Waals surface area (Å²) < 4.78 is 0. The van der Waals surface area contributed by atoms with Gasteiger partial charge in [-0.25, -0.2) is 0 Å². The highest BCUT2D eigenvalue weighted by atomic mass is 14.0. The standard InChI is InChI=1S/C16H20/c1-3-5-7-10-15(4-2)13-14-16-11-8-6-9-12-16/h6,8-9,11-15H,3-5H2,1-2H3/b14-13+. The topological polar surface area (TPSA) is 0 Å². The summed E-state index contributed by atoms with van der Waals surface area (Å²) in [5, 5.41) is 0. The number of hydrogen-bond acceptors (Lipinski definition) is 0. The van der Waals surface area contributed by atoms with Crippen LogP contribution < -0.4 is 0 Å². The van der Waals surface area contributed by atoms with Gasteiger partial charge in [-0.1, -0.05) is 62.3 Å². The molecular formula is C16H20. The highest BCUT2D eigenvalue weighted by Gasteiger charge is 1.94. The molecule has 16 heavy (non-hydrogen) atoms. The fraction of sp³-hybridized carbons (Fsp3) is 0.375. The van der Waals surface area contributed by atoms with E-state index >= 15 is 0 Å². The summed E-state index contributed by atoms with van der Waals surface area (Å²) in [4.78, 5) is 0. The summed E-state index contributed by atoms with van der Waals surface area (Å²) in [5.41, 5.74) is 1.25. The molecule has 0 aromatic heterocycles. The van der Waals surface area contributed by atoms with Gasteiger partial charge in [0.15, 0.2) is 0 Å². The van der Waals surface area contributed by atoms with Crippen molar-refractivity contribution in [3.05, 3.63) is 42.0 Å². The van der Waals surface area contributed by atoms with E-state index in [-0.39, 0.29) is 0 Å². The molecule has 1 aromatic rings. The monoisotopic (exact) mass is 212 g/mol. The maximum Gasteiger partial charge on any atom is 0.0383 e. The SMILES string of the molecule is CCCC#CC(/C=C/c1ccccc1)CC. The molecule has 84 valence electrons. The Balaban J connectivity index is 2.57. The molecule has 0 aliphatic rings. The van der Waals surface area contributed by atoms with Crippen LogP contribution in [0.15, 0.2) is 36.4 Å². The molecule has 0 heteroatoms. The molecule has 0 amide bonds. The van der Waals surface area contributed by atoms with E-state index in [2.05, 4.69) is 62.1 Å². The van der Waals surface area contributed by atoms with Gasteiger partial charge in [-0.2, -0.15) is 0 Å². The molecule has 0 nitrogen and oxygen atoms in total. The predicted molar refractivity (Wildman–Crippen MR) is 71.9 cm³/mol. The van der Waals surface area contributed by atoms with Crippen LogP contribution in [0.2, 0.25) is 0 Å². The Labute approximate surface area is 99.4 Å². The van der Waals surface area contributed by atoms with Gasteiger partial charge in [0.1, 0.15) is 0 Å². The van der Waals surface area contributed by atoms with Crippen LogP contribution in [-0.4, -0.2) is 0 Å². The summed E-state index contributed by atoms with van der Waals surface area (Å²) >= 11 is 0. The third kappa shape index (κ3) is 4.84. The van der Waals surface area contributed by atoms with E-state index < -0.39 is 0 Å². The lowest BCUT2D eigenvalue weighted by atomic mass is 10.0. The Morgan fingerprint density at radius 2 is 1.94 bits per heavy atom. The molecule has 0 radical (unpaired) electrons. The van der Waals surface area contributed by atoms with Gasteiger partial charge in [0, 0.05) is 12.3 Å². The van der Waals surface area contributed by atoms with Crippen molar-refractivity contribution in [1.29, 1.82) is 0 Å². The van der Waals surface area contributed by atoms with Crippen molar-refractivity contribution >= 4 is 6.08 Å². The van der Waals surface area contributed by atoms with Gasteiger partial charge >= 0.3 is 0 Å².